The van der Waals surface area contributed by atoms with Gasteiger partial charge in [0.05, 0.1) is 17.9 Å². The van der Waals surface area contributed by atoms with Crippen LogP contribution in [0, 0.1) is 24.0 Å². The van der Waals surface area contributed by atoms with E-state index in [2.05, 4.69) is 23.7 Å². The topological polar surface area (TPSA) is 71.9 Å². The Bertz CT molecular complexity index is 1390. The van der Waals surface area contributed by atoms with Crippen LogP contribution in [-0.4, -0.2) is 41.4 Å². The predicted molar refractivity (Wildman–Crippen MR) is 156 cm³/mol. The fraction of sp³-hybridized carbons (Fsp3) is 0.455. The van der Waals surface area contributed by atoms with Gasteiger partial charge in [0, 0.05) is 42.5 Å². The molecular formula is C33H40F2N2O4. The number of rotatable bonds is 9. The fourth-order valence-electron chi connectivity index (χ4n) is 5.15. The third kappa shape index (κ3) is 7.61. The van der Waals surface area contributed by atoms with E-state index in [1.165, 1.54) is 18.2 Å². The second-order valence-electron chi connectivity index (χ2n) is 12.5. The molecule has 0 bridgehead atoms. The van der Waals surface area contributed by atoms with E-state index < -0.39 is 23.5 Å². The number of pyridine rings is 1. The monoisotopic (exact) mass is 566 g/mol. The van der Waals surface area contributed by atoms with Crippen molar-refractivity contribution < 1.29 is 28.2 Å². The molecule has 0 radical (unpaired) electrons. The van der Waals surface area contributed by atoms with Gasteiger partial charge < -0.3 is 19.5 Å². The van der Waals surface area contributed by atoms with Gasteiger partial charge in [-0.05, 0) is 81.3 Å². The van der Waals surface area contributed by atoms with E-state index in [0.717, 1.165) is 31.5 Å². The third-order valence-corrected chi connectivity index (χ3v) is 7.46. The van der Waals surface area contributed by atoms with Gasteiger partial charge >= 0.3 is 5.97 Å². The molecule has 2 heterocycles. The molecule has 1 fully saturated rings. The number of aryl methyl sites for hydroxylation is 1. The molecule has 3 aromatic rings. The Kier molecular flexibility index (Phi) is 9.02. The van der Waals surface area contributed by atoms with Crippen molar-refractivity contribution in [1.29, 1.82) is 0 Å². The average molecular weight is 567 g/mol. The van der Waals surface area contributed by atoms with Crippen LogP contribution >= 0.6 is 0 Å². The molecule has 2 aromatic carbocycles. The van der Waals surface area contributed by atoms with Crippen LogP contribution in [0.3, 0.4) is 0 Å². The summed E-state index contributed by atoms with van der Waals surface area (Å²) in [5.41, 5.74) is 3.17. The fourth-order valence-corrected chi connectivity index (χ4v) is 5.15. The van der Waals surface area contributed by atoms with E-state index >= 15 is 4.39 Å². The summed E-state index contributed by atoms with van der Waals surface area (Å²) in [6, 6.07) is 11.0. The lowest BCUT2D eigenvalue weighted by molar-refractivity contribution is -0.160. The summed E-state index contributed by atoms with van der Waals surface area (Å²) in [5.74, 6) is -1.88. The van der Waals surface area contributed by atoms with Gasteiger partial charge in [0.25, 0.3) is 0 Å². The maximum atomic E-state index is 15.4. The molecule has 41 heavy (non-hydrogen) atoms. The highest BCUT2D eigenvalue weighted by Crippen LogP contribution is 2.44. The Morgan fingerprint density at radius 2 is 1.83 bits per heavy atom. The minimum absolute atomic E-state index is 0.0891. The molecule has 1 saturated heterocycles. The Labute approximate surface area is 241 Å². The molecule has 0 amide bonds. The van der Waals surface area contributed by atoms with E-state index in [9.17, 15) is 14.3 Å². The number of benzene rings is 2. The highest BCUT2D eigenvalue weighted by molar-refractivity contribution is 5.86. The van der Waals surface area contributed by atoms with Crippen molar-refractivity contribution in [3.05, 3.63) is 77.1 Å². The van der Waals surface area contributed by atoms with E-state index in [1.54, 1.807) is 37.4 Å². The molecule has 1 aromatic heterocycles. The normalized spacial score (nSPS) is 16.0. The van der Waals surface area contributed by atoms with Crippen LogP contribution in [0.2, 0.25) is 0 Å². The molecule has 0 unspecified atom stereocenters. The molecule has 6 nitrogen and oxygen atoms in total. The van der Waals surface area contributed by atoms with Crippen molar-refractivity contribution in [2.24, 2.45) is 5.41 Å². The second-order valence-corrected chi connectivity index (χ2v) is 12.5. The summed E-state index contributed by atoms with van der Waals surface area (Å²) in [4.78, 5) is 19.3. The average Bonchev–Trinajstić information content (AvgIpc) is 2.88. The first-order valence-corrected chi connectivity index (χ1v) is 14.1. The molecule has 220 valence electrons. The Hall–Kier alpha value is -3.52. The number of carbonyl (C=O) groups is 1. The van der Waals surface area contributed by atoms with Gasteiger partial charge in [0.2, 0.25) is 0 Å². The molecule has 0 saturated carbocycles. The number of hydrogen-bond acceptors (Lipinski definition) is 5. The van der Waals surface area contributed by atoms with Crippen molar-refractivity contribution in [2.75, 3.05) is 24.6 Å². The van der Waals surface area contributed by atoms with Crippen molar-refractivity contribution in [1.82, 2.24) is 4.98 Å². The standard InChI is InChI=1S/C33H40F2N2O4/c1-21-28(30(31(38)39)41-32(2,3)4)29(37-15-13-33(5,6)14-16-37)25(20-36-21)23-10-11-27(26(35)19-23)40-17-12-22-8-7-9-24(34)18-22/h7-11,18-20,30H,12-17H2,1-6H3,(H,38,39)/t30-/m0/s1. The maximum absolute atomic E-state index is 15.4. The summed E-state index contributed by atoms with van der Waals surface area (Å²) in [7, 11) is 0. The molecule has 4 rings (SSSR count). The van der Waals surface area contributed by atoms with Gasteiger partial charge in [-0.1, -0.05) is 32.0 Å². The summed E-state index contributed by atoms with van der Waals surface area (Å²) in [6.07, 6.45) is 2.73. The minimum Gasteiger partial charge on any atom is -0.490 e. The SMILES string of the molecule is Cc1ncc(-c2ccc(OCCc3cccc(F)c3)c(F)c2)c(N2CCC(C)(C)CC2)c1[C@H](OC(C)(C)C)C(=O)O. The van der Waals surface area contributed by atoms with Crippen LogP contribution in [0.1, 0.15) is 70.4 Å². The van der Waals surface area contributed by atoms with E-state index in [4.69, 9.17) is 9.47 Å². The van der Waals surface area contributed by atoms with Crippen LogP contribution < -0.4 is 9.64 Å². The quantitative estimate of drug-likeness (QED) is 0.289. The number of aliphatic carboxylic acids is 1. The number of hydrogen-bond donors (Lipinski definition) is 1. The first-order valence-electron chi connectivity index (χ1n) is 14.1. The van der Waals surface area contributed by atoms with Gasteiger partial charge in [0.15, 0.2) is 17.7 Å². The second kappa shape index (κ2) is 12.1. The van der Waals surface area contributed by atoms with Crippen molar-refractivity contribution in [2.45, 2.75) is 72.5 Å². The van der Waals surface area contributed by atoms with E-state index in [0.29, 0.717) is 34.5 Å². The number of nitrogens with zero attached hydrogens (tertiary/aromatic N) is 2. The lowest BCUT2D eigenvalue weighted by Gasteiger charge is -2.41. The van der Waals surface area contributed by atoms with Crippen LogP contribution in [0.5, 0.6) is 5.75 Å². The Morgan fingerprint density at radius 3 is 2.44 bits per heavy atom. The van der Waals surface area contributed by atoms with E-state index in [1.807, 2.05) is 20.8 Å². The number of ether oxygens (including phenoxy) is 2. The van der Waals surface area contributed by atoms with Gasteiger partial charge in [-0.15, -0.1) is 0 Å². The Morgan fingerprint density at radius 1 is 1.12 bits per heavy atom. The van der Waals surface area contributed by atoms with E-state index in [-0.39, 0.29) is 23.6 Å². The highest BCUT2D eigenvalue weighted by Gasteiger charge is 2.35. The molecule has 1 atom stereocenters. The lowest BCUT2D eigenvalue weighted by atomic mass is 9.82. The number of aromatic nitrogens is 1. The number of anilines is 1. The predicted octanol–water partition coefficient (Wildman–Crippen LogP) is 7.52. The Balaban J connectivity index is 1.72. The first kappa shape index (κ1) is 30.4. The molecule has 8 heteroatoms. The van der Waals surface area contributed by atoms with Crippen LogP contribution in [0.4, 0.5) is 14.5 Å². The highest BCUT2D eigenvalue weighted by atomic mass is 19.1. The summed E-state index contributed by atoms with van der Waals surface area (Å²) in [5, 5.41) is 10.3. The third-order valence-electron chi connectivity index (χ3n) is 7.46. The van der Waals surface area contributed by atoms with Gasteiger partial charge in [-0.3, -0.25) is 4.98 Å². The number of carboxylic acid groups (broad SMARTS) is 1. The summed E-state index contributed by atoms with van der Waals surface area (Å²) >= 11 is 0. The molecule has 0 aliphatic carbocycles. The molecular weight excluding hydrogens is 526 g/mol. The first-order chi connectivity index (χ1) is 19.2. The number of halogens is 2. The largest absolute Gasteiger partial charge is 0.490 e. The summed E-state index contributed by atoms with van der Waals surface area (Å²) < 4.78 is 40.6. The zero-order valence-electron chi connectivity index (χ0n) is 24.8. The molecule has 1 N–H and O–H groups in total. The van der Waals surface area contributed by atoms with Crippen molar-refractivity contribution in [3.8, 4) is 16.9 Å². The molecule has 1 aliphatic heterocycles. The minimum atomic E-state index is -1.25. The van der Waals surface area contributed by atoms with Gasteiger partial charge in [-0.25, -0.2) is 13.6 Å². The summed E-state index contributed by atoms with van der Waals surface area (Å²) in [6.45, 7) is 13.3. The van der Waals surface area contributed by atoms with Gasteiger partial charge in [0.1, 0.15) is 5.82 Å². The zero-order valence-corrected chi connectivity index (χ0v) is 24.8. The molecule has 0 spiro atoms. The smallest absolute Gasteiger partial charge is 0.337 e. The number of piperidine rings is 1. The van der Waals surface area contributed by atoms with Crippen LogP contribution in [0.15, 0.2) is 48.7 Å². The van der Waals surface area contributed by atoms with Crippen molar-refractivity contribution >= 4 is 11.7 Å². The van der Waals surface area contributed by atoms with Crippen LogP contribution in [-0.2, 0) is 16.0 Å². The zero-order chi connectivity index (χ0) is 29.9. The maximum Gasteiger partial charge on any atom is 0.337 e. The van der Waals surface area contributed by atoms with Crippen LogP contribution in [0.25, 0.3) is 11.1 Å². The van der Waals surface area contributed by atoms with Crippen molar-refractivity contribution in [3.63, 3.8) is 0 Å². The lowest BCUT2D eigenvalue weighted by Crippen LogP contribution is -2.39. The van der Waals surface area contributed by atoms with Gasteiger partial charge in [-0.2, -0.15) is 0 Å². The number of carboxylic acids is 1. The molecule has 1 aliphatic rings.